The molecule has 1 aliphatic rings. The third-order valence-corrected chi connectivity index (χ3v) is 1.64. The molecule has 1 heterocycles. The minimum absolute atomic E-state index is 0.0251. The zero-order valence-electron chi connectivity index (χ0n) is 6.43. The van der Waals surface area contributed by atoms with E-state index in [1.54, 1.807) is 0 Å². The number of carbonyl (C=O) groups is 1. The third kappa shape index (κ3) is 1.32. The Morgan fingerprint density at radius 2 is 2.15 bits per heavy atom. The molecule has 13 heavy (non-hydrogen) atoms. The number of fused-ring (bicyclic) bond motifs is 1. The maximum Gasteiger partial charge on any atom is 0.262 e. The second kappa shape index (κ2) is 2.69. The highest BCUT2D eigenvalue weighted by Gasteiger charge is 2.20. The van der Waals surface area contributed by atoms with Gasteiger partial charge in [-0.3, -0.25) is 4.79 Å². The first-order chi connectivity index (χ1) is 6.16. The van der Waals surface area contributed by atoms with Gasteiger partial charge in [0.15, 0.2) is 12.4 Å². The van der Waals surface area contributed by atoms with Crippen LogP contribution in [0.1, 0.15) is 0 Å². The van der Waals surface area contributed by atoms with Crippen LogP contribution in [0.5, 0.6) is 5.75 Å². The van der Waals surface area contributed by atoms with Crippen molar-refractivity contribution in [3.8, 4) is 5.75 Å². The quantitative estimate of drug-likeness (QED) is 0.661. The van der Waals surface area contributed by atoms with Crippen molar-refractivity contribution in [3.63, 3.8) is 0 Å². The van der Waals surface area contributed by atoms with Crippen LogP contribution < -0.4 is 10.1 Å². The van der Waals surface area contributed by atoms with Crippen LogP contribution in [-0.4, -0.2) is 12.5 Å². The summed E-state index contributed by atoms with van der Waals surface area (Å²) in [4.78, 5) is 10.8. The van der Waals surface area contributed by atoms with Crippen LogP contribution in [0.15, 0.2) is 12.1 Å². The molecule has 0 radical (unpaired) electrons. The van der Waals surface area contributed by atoms with E-state index in [-0.39, 0.29) is 18.0 Å². The molecule has 3 nitrogen and oxygen atoms in total. The van der Waals surface area contributed by atoms with Crippen molar-refractivity contribution in [2.45, 2.75) is 0 Å². The van der Waals surface area contributed by atoms with Crippen molar-refractivity contribution in [2.75, 3.05) is 11.9 Å². The van der Waals surface area contributed by atoms with Crippen LogP contribution in [0.25, 0.3) is 0 Å². The number of halogens is 2. The van der Waals surface area contributed by atoms with Crippen molar-refractivity contribution < 1.29 is 18.3 Å². The van der Waals surface area contributed by atoms with Gasteiger partial charge >= 0.3 is 0 Å². The zero-order valence-corrected chi connectivity index (χ0v) is 6.43. The standard InChI is InChI=1S/C8H5F2NO2/c9-4-1-5(10)8-6(2-4)13-3-7(12)11-8/h1-2H,3H2,(H,11,12). The van der Waals surface area contributed by atoms with E-state index in [1.165, 1.54) is 0 Å². The topological polar surface area (TPSA) is 38.3 Å². The largest absolute Gasteiger partial charge is 0.481 e. The molecule has 68 valence electrons. The Bertz CT molecular complexity index is 379. The van der Waals surface area contributed by atoms with E-state index < -0.39 is 17.5 Å². The average molecular weight is 185 g/mol. The molecule has 1 aromatic carbocycles. The Morgan fingerprint density at radius 3 is 2.92 bits per heavy atom. The summed E-state index contributed by atoms with van der Waals surface area (Å²) in [6.45, 7) is -0.212. The van der Waals surface area contributed by atoms with Gasteiger partial charge in [-0.05, 0) is 0 Å². The molecule has 0 aromatic heterocycles. The molecule has 1 amide bonds. The van der Waals surface area contributed by atoms with Crippen LogP contribution in [0.2, 0.25) is 0 Å². The number of ether oxygens (including phenoxy) is 1. The highest BCUT2D eigenvalue weighted by molar-refractivity contribution is 5.95. The Labute approximate surface area is 72.3 Å². The van der Waals surface area contributed by atoms with Crippen LogP contribution in [0, 0.1) is 11.6 Å². The van der Waals surface area contributed by atoms with Gasteiger partial charge < -0.3 is 10.1 Å². The normalized spacial score (nSPS) is 14.5. The van der Waals surface area contributed by atoms with E-state index in [9.17, 15) is 13.6 Å². The van der Waals surface area contributed by atoms with Crippen molar-refractivity contribution in [1.29, 1.82) is 0 Å². The Kier molecular flexibility index (Phi) is 1.65. The van der Waals surface area contributed by atoms with E-state index in [4.69, 9.17) is 4.74 Å². The molecule has 2 rings (SSSR count). The van der Waals surface area contributed by atoms with Gasteiger partial charge in [0, 0.05) is 12.1 Å². The van der Waals surface area contributed by atoms with Crippen LogP contribution in [0.4, 0.5) is 14.5 Å². The third-order valence-electron chi connectivity index (χ3n) is 1.64. The molecular formula is C8H5F2NO2. The number of carbonyl (C=O) groups excluding carboxylic acids is 1. The first-order valence-corrected chi connectivity index (χ1v) is 3.58. The second-order valence-electron chi connectivity index (χ2n) is 2.60. The number of hydrogen-bond acceptors (Lipinski definition) is 2. The highest BCUT2D eigenvalue weighted by Crippen LogP contribution is 2.30. The van der Waals surface area contributed by atoms with Gasteiger partial charge in [0.2, 0.25) is 0 Å². The lowest BCUT2D eigenvalue weighted by Crippen LogP contribution is -2.26. The molecule has 0 fully saturated rings. The van der Waals surface area contributed by atoms with E-state index >= 15 is 0 Å². The average Bonchev–Trinajstić information content (AvgIpc) is 2.06. The molecule has 0 bridgehead atoms. The van der Waals surface area contributed by atoms with Crippen molar-refractivity contribution >= 4 is 11.6 Å². The molecule has 1 aliphatic heterocycles. The molecule has 0 saturated heterocycles. The van der Waals surface area contributed by atoms with Gasteiger partial charge in [-0.15, -0.1) is 0 Å². The molecule has 0 atom stereocenters. The van der Waals surface area contributed by atoms with Gasteiger partial charge in [0.1, 0.15) is 17.3 Å². The summed E-state index contributed by atoms with van der Waals surface area (Å²) in [6.07, 6.45) is 0. The van der Waals surface area contributed by atoms with Gasteiger partial charge in [-0.1, -0.05) is 0 Å². The lowest BCUT2D eigenvalue weighted by Gasteiger charge is -2.17. The summed E-state index contributed by atoms with van der Waals surface area (Å²) in [5, 5.41) is 2.25. The van der Waals surface area contributed by atoms with E-state index in [0.29, 0.717) is 6.07 Å². The summed E-state index contributed by atoms with van der Waals surface area (Å²) >= 11 is 0. The predicted octanol–water partition coefficient (Wildman–Crippen LogP) is 1.30. The Morgan fingerprint density at radius 1 is 1.38 bits per heavy atom. The first kappa shape index (κ1) is 7.97. The lowest BCUT2D eigenvalue weighted by molar-refractivity contribution is -0.118. The number of anilines is 1. The molecular weight excluding hydrogens is 180 g/mol. The van der Waals surface area contributed by atoms with E-state index in [2.05, 4.69) is 5.32 Å². The highest BCUT2D eigenvalue weighted by atomic mass is 19.1. The van der Waals surface area contributed by atoms with E-state index in [1.807, 2.05) is 0 Å². The molecule has 0 aliphatic carbocycles. The van der Waals surface area contributed by atoms with Crippen molar-refractivity contribution in [1.82, 2.24) is 0 Å². The van der Waals surface area contributed by atoms with Gasteiger partial charge in [0.25, 0.3) is 5.91 Å². The maximum atomic E-state index is 13.0. The summed E-state index contributed by atoms with van der Waals surface area (Å²) in [7, 11) is 0. The minimum atomic E-state index is -0.831. The molecule has 0 unspecified atom stereocenters. The van der Waals surface area contributed by atoms with Crippen molar-refractivity contribution in [2.24, 2.45) is 0 Å². The van der Waals surface area contributed by atoms with Crippen molar-refractivity contribution in [3.05, 3.63) is 23.8 Å². The lowest BCUT2D eigenvalue weighted by atomic mass is 10.2. The monoisotopic (exact) mass is 185 g/mol. The number of rotatable bonds is 0. The number of benzene rings is 1. The van der Waals surface area contributed by atoms with Crippen LogP contribution >= 0.6 is 0 Å². The number of nitrogens with one attached hydrogen (secondary N) is 1. The van der Waals surface area contributed by atoms with Crippen LogP contribution in [-0.2, 0) is 4.79 Å². The molecule has 5 heteroatoms. The Balaban J connectivity index is 2.53. The summed E-state index contributed by atoms with van der Waals surface area (Å²) in [5.74, 6) is -1.98. The smallest absolute Gasteiger partial charge is 0.262 e. The minimum Gasteiger partial charge on any atom is -0.481 e. The van der Waals surface area contributed by atoms with Gasteiger partial charge in [0.05, 0.1) is 0 Å². The fourth-order valence-electron chi connectivity index (χ4n) is 1.10. The molecule has 1 N–H and O–H groups in total. The predicted molar refractivity (Wildman–Crippen MR) is 40.5 cm³/mol. The van der Waals surface area contributed by atoms with Crippen LogP contribution in [0.3, 0.4) is 0 Å². The fourth-order valence-corrected chi connectivity index (χ4v) is 1.10. The number of hydrogen-bond donors (Lipinski definition) is 1. The summed E-state index contributed by atoms with van der Waals surface area (Å²) in [6, 6.07) is 1.71. The second-order valence-corrected chi connectivity index (χ2v) is 2.60. The maximum absolute atomic E-state index is 13.0. The molecule has 0 spiro atoms. The first-order valence-electron chi connectivity index (χ1n) is 3.58. The number of amides is 1. The van der Waals surface area contributed by atoms with Gasteiger partial charge in [-0.2, -0.15) is 0 Å². The SMILES string of the molecule is O=C1COc2cc(F)cc(F)c2N1. The zero-order chi connectivity index (χ0) is 9.42. The Hall–Kier alpha value is -1.65. The van der Waals surface area contributed by atoms with E-state index in [0.717, 1.165) is 6.07 Å². The molecule has 1 aromatic rings. The molecule has 0 saturated carbocycles. The summed E-state index contributed by atoms with van der Waals surface area (Å²) < 4.78 is 30.4. The summed E-state index contributed by atoms with van der Waals surface area (Å²) in [5.41, 5.74) is -0.0994. The van der Waals surface area contributed by atoms with Gasteiger partial charge in [-0.25, -0.2) is 8.78 Å². The fraction of sp³-hybridized carbons (Fsp3) is 0.125.